The second-order valence-electron chi connectivity index (χ2n) is 0.394. The molecule has 28 valence electrons. The van der Waals surface area contributed by atoms with Crippen LogP contribution in [0, 0.1) is 0 Å². The summed E-state index contributed by atoms with van der Waals surface area (Å²) in [7, 11) is 1.69. The zero-order valence-electron chi connectivity index (χ0n) is 2.58. The average Bonchev–Trinajstić information content (AvgIpc) is 1.37. The molecule has 0 amide bonds. The van der Waals surface area contributed by atoms with Gasteiger partial charge in [0, 0.05) is 0 Å². The fourth-order valence-corrected chi connectivity index (χ4v) is 0. The molecule has 0 aliphatic rings. The predicted octanol–water partition coefficient (Wildman–Crippen LogP) is -2.06. The molecule has 0 aromatic carbocycles. The van der Waals surface area contributed by atoms with Gasteiger partial charge >= 0.3 is 18.9 Å². The second-order valence-corrected chi connectivity index (χ2v) is 0.394. The second kappa shape index (κ2) is 8.82. The van der Waals surface area contributed by atoms with E-state index in [1.54, 1.807) is 7.05 Å². The van der Waals surface area contributed by atoms with Gasteiger partial charge in [-0.2, -0.15) is 5.53 Å². The summed E-state index contributed by atoms with van der Waals surface area (Å²) < 4.78 is 0. The van der Waals surface area contributed by atoms with Gasteiger partial charge in [-0.15, -0.1) is 0 Å². The van der Waals surface area contributed by atoms with Gasteiger partial charge in [-0.25, -0.2) is 5.43 Å². The number of rotatable bonds is 1. The number of nitrogens with one attached hydrogen (secondary N) is 2. The number of hydrogen-bond donors (Lipinski definition) is 3. The Bertz CT molecular complexity index is 8.85. The molecule has 0 aromatic heterocycles. The molecule has 0 rings (SSSR count). The topological polar surface area (TPSA) is 50.1 Å². The molecule has 0 saturated heterocycles. The molecule has 0 saturated carbocycles. The Labute approximate surface area is 43.4 Å². The zero-order valence-corrected chi connectivity index (χ0v) is 2.58. The summed E-state index contributed by atoms with van der Waals surface area (Å²) in [5.41, 5.74) is 4.64. The summed E-state index contributed by atoms with van der Waals surface area (Å²) in [6.07, 6.45) is 0. The van der Waals surface area contributed by atoms with Crippen LogP contribution < -0.4 is 16.8 Å². The van der Waals surface area contributed by atoms with Crippen LogP contribution in [-0.2, 0) is 0 Å². The third-order valence-corrected chi connectivity index (χ3v) is 0.144. The van der Waals surface area contributed by atoms with Crippen molar-refractivity contribution in [3.63, 3.8) is 0 Å². The molecule has 0 bridgehead atoms. The van der Waals surface area contributed by atoms with Crippen LogP contribution in [0.3, 0.4) is 0 Å². The van der Waals surface area contributed by atoms with Crippen molar-refractivity contribution in [3.8, 4) is 0 Å². The molecule has 0 radical (unpaired) electrons. The fourth-order valence-electron chi connectivity index (χ4n) is 0. The van der Waals surface area contributed by atoms with E-state index in [0.717, 1.165) is 0 Å². The third kappa shape index (κ3) is 12.6. The summed E-state index contributed by atoms with van der Waals surface area (Å²) in [6.45, 7) is 0. The van der Waals surface area contributed by atoms with Crippen LogP contribution in [0.15, 0.2) is 0 Å². The number of hydrazine groups is 2. The van der Waals surface area contributed by atoms with Crippen molar-refractivity contribution < 1.29 is 0 Å². The molecule has 0 atom stereocenters. The van der Waals surface area contributed by atoms with Crippen molar-refractivity contribution in [2.24, 2.45) is 5.84 Å². The van der Waals surface area contributed by atoms with Gasteiger partial charge in [-0.1, -0.05) is 0 Å². The van der Waals surface area contributed by atoms with E-state index in [2.05, 4.69) is 16.8 Å². The van der Waals surface area contributed by atoms with Crippen molar-refractivity contribution in [1.82, 2.24) is 11.0 Å². The molecule has 5 heavy (non-hydrogen) atoms. The molecule has 0 unspecified atom stereocenters. The molecule has 0 heterocycles. The SMILES string of the molecule is CNNN.[LiH]. The molecule has 4 heteroatoms. The van der Waals surface area contributed by atoms with Gasteiger partial charge in [0.1, 0.15) is 0 Å². The Hall–Kier alpha value is 0.477. The Balaban J connectivity index is 0. The van der Waals surface area contributed by atoms with Crippen LogP contribution >= 0.6 is 0 Å². The summed E-state index contributed by atoms with van der Waals surface area (Å²) in [5.74, 6) is 4.67. The maximum absolute atomic E-state index is 4.67. The van der Waals surface area contributed by atoms with E-state index in [9.17, 15) is 0 Å². The Morgan fingerprint density at radius 1 is 1.60 bits per heavy atom. The first-order valence-electron chi connectivity index (χ1n) is 1.04. The maximum atomic E-state index is 4.67. The van der Waals surface area contributed by atoms with Gasteiger partial charge in [0.25, 0.3) is 0 Å². The Morgan fingerprint density at radius 3 is 1.80 bits per heavy atom. The first-order valence-corrected chi connectivity index (χ1v) is 1.04. The predicted molar refractivity (Wildman–Crippen MR) is 23.5 cm³/mol. The quantitative estimate of drug-likeness (QED) is 0.188. The summed E-state index contributed by atoms with van der Waals surface area (Å²) >= 11 is 0. The van der Waals surface area contributed by atoms with E-state index in [0.29, 0.717) is 0 Å². The molecular formula is CH8LiN3. The fraction of sp³-hybridized carbons (Fsp3) is 1.00. The molecule has 0 aliphatic carbocycles. The zero-order chi connectivity index (χ0) is 3.41. The van der Waals surface area contributed by atoms with Crippen molar-refractivity contribution in [2.75, 3.05) is 7.05 Å². The van der Waals surface area contributed by atoms with Gasteiger partial charge in [0.2, 0.25) is 0 Å². The van der Waals surface area contributed by atoms with E-state index in [4.69, 9.17) is 0 Å². The van der Waals surface area contributed by atoms with Crippen LogP contribution in [-0.4, -0.2) is 25.9 Å². The monoisotopic (exact) mass is 69.1 g/mol. The van der Waals surface area contributed by atoms with Crippen molar-refractivity contribution >= 4 is 18.9 Å². The van der Waals surface area contributed by atoms with Gasteiger partial charge < -0.3 is 0 Å². The standard InChI is InChI=1S/CH7N3.Li.H/c1-3-4-2;;/h3-4H,2H2,1H3;;. The summed E-state index contributed by atoms with van der Waals surface area (Å²) in [6, 6.07) is 0. The molecule has 0 fully saturated rings. The van der Waals surface area contributed by atoms with Crippen molar-refractivity contribution in [3.05, 3.63) is 0 Å². The first-order chi connectivity index (χ1) is 1.91. The summed E-state index contributed by atoms with van der Waals surface area (Å²) in [4.78, 5) is 0. The molecule has 4 N–H and O–H groups in total. The minimum atomic E-state index is 0. The molecule has 0 spiro atoms. The van der Waals surface area contributed by atoms with Crippen LogP contribution in [0.1, 0.15) is 0 Å². The Kier molecular flexibility index (Phi) is 16.0. The summed E-state index contributed by atoms with van der Waals surface area (Å²) in [5, 5.41) is 0. The number of nitrogens with two attached hydrogens (primary N) is 1. The van der Waals surface area contributed by atoms with Crippen molar-refractivity contribution in [1.29, 1.82) is 0 Å². The van der Waals surface area contributed by atoms with Gasteiger partial charge in [0.05, 0.1) is 0 Å². The third-order valence-electron chi connectivity index (χ3n) is 0.144. The van der Waals surface area contributed by atoms with Crippen LogP contribution in [0.2, 0.25) is 0 Å². The van der Waals surface area contributed by atoms with Crippen LogP contribution in [0.25, 0.3) is 0 Å². The van der Waals surface area contributed by atoms with E-state index in [1.807, 2.05) is 0 Å². The number of hydrogen-bond acceptors (Lipinski definition) is 3. The minimum absolute atomic E-state index is 0. The first kappa shape index (κ1) is 9.08. The molecule has 3 nitrogen and oxygen atoms in total. The normalized spacial score (nSPS) is 6.00. The van der Waals surface area contributed by atoms with E-state index >= 15 is 0 Å². The van der Waals surface area contributed by atoms with E-state index in [-0.39, 0.29) is 18.9 Å². The van der Waals surface area contributed by atoms with Crippen LogP contribution in [0.5, 0.6) is 0 Å². The van der Waals surface area contributed by atoms with E-state index < -0.39 is 0 Å². The van der Waals surface area contributed by atoms with Crippen LogP contribution in [0.4, 0.5) is 0 Å². The van der Waals surface area contributed by atoms with Gasteiger partial charge in [0.15, 0.2) is 0 Å². The van der Waals surface area contributed by atoms with Gasteiger partial charge in [-0.3, -0.25) is 5.84 Å². The van der Waals surface area contributed by atoms with E-state index in [1.165, 1.54) is 0 Å². The Morgan fingerprint density at radius 2 is 1.80 bits per heavy atom. The molecular weight excluding hydrogens is 61.0 g/mol. The van der Waals surface area contributed by atoms with Crippen molar-refractivity contribution in [2.45, 2.75) is 0 Å². The molecule has 0 aliphatic heterocycles. The molecule has 0 aromatic rings. The average molecular weight is 69.0 g/mol. The van der Waals surface area contributed by atoms with Gasteiger partial charge in [-0.05, 0) is 7.05 Å².